The van der Waals surface area contributed by atoms with E-state index in [0.29, 0.717) is 11.8 Å². The maximum atomic E-state index is 11.9. The molecule has 1 atom stereocenters. The average Bonchev–Trinajstić information content (AvgIpc) is 2.28. The van der Waals surface area contributed by atoms with Crippen LogP contribution in [0.5, 0.6) is 0 Å². The van der Waals surface area contributed by atoms with E-state index in [0.717, 1.165) is 25.8 Å². The van der Waals surface area contributed by atoms with Gasteiger partial charge in [0, 0.05) is 12.6 Å². The van der Waals surface area contributed by atoms with Gasteiger partial charge in [0.2, 0.25) is 5.91 Å². The summed E-state index contributed by atoms with van der Waals surface area (Å²) in [4.78, 5) is 24.1. The number of carboxylic acid groups (broad SMARTS) is 1. The molecule has 16 heavy (non-hydrogen) atoms. The molecule has 1 N–H and O–H groups in total. The summed E-state index contributed by atoms with van der Waals surface area (Å²) < 4.78 is 0. The quantitative estimate of drug-likeness (QED) is 0.799. The first-order valence-corrected chi connectivity index (χ1v) is 6.89. The molecular weight excluding hydrogens is 226 g/mol. The molecular formula is C11H19NO3S. The average molecular weight is 245 g/mol. The summed E-state index contributed by atoms with van der Waals surface area (Å²) in [6, 6.07) is 0.367. The normalized spacial score (nSPS) is 20.8. The number of hydrogen-bond donors (Lipinski definition) is 1. The lowest BCUT2D eigenvalue weighted by Gasteiger charge is -2.35. The molecule has 1 heterocycles. The zero-order chi connectivity index (χ0) is 12.0. The largest absolute Gasteiger partial charge is 0.481 e. The molecule has 1 aliphatic rings. The highest BCUT2D eigenvalue weighted by atomic mass is 32.2. The Balaban J connectivity index is 2.35. The number of carbonyl (C=O) groups excluding carboxylic acids is 1. The van der Waals surface area contributed by atoms with Crippen molar-refractivity contribution in [3.63, 3.8) is 0 Å². The second kappa shape index (κ2) is 6.78. The second-order valence-corrected chi connectivity index (χ2v) is 5.02. The van der Waals surface area contributed by atoms with E-state index >= 15 is 0 Å². The van der Waals surface area contributed by atoms with Crippen molar-refractivity contribution in [3.05, 3.63) is 0 Å². The minimum atomic E-state index is -0.858. The van der Waals surface area contributed by atoms with Gasteiger partial charge < -0.3 is 10.0 Å². The van der Waals surface area contributed by atoms with E-state index in [1.807, 2.05) is 4.90 Å². The Hall–Kier alpha value is -0.710. The zero-order valence-electron chi connectivity index (χ0n) is 9.65. The molecule has 0 bridgehead atoms. The highest BCUT2D eigenvalue weighted by Crippen LogP contribution is 2.20. The SMILES string of the molecule is CCC1CCCCN1C(=O)CSCC(=O)O. The molecule has 0 aliphatic carbocycles. The number of thioether (sulfide) groups is 1. The number of hydrogen-bond acceptors (Lipinski definition) is 3. The molecule has 1 aliphatic heterocycles. The van der Waals surface area contributed by atoms with Gasteiger partial charge in [-0.05, 0) is 25.7 Å². The van der Waals surface area contributed by atoms with E-state index in [1.54, 1.807) is 0 Å². The van der Waals surface area contributed by atoms with Crippen LogP contribution in [0.2, 0.25) is 0 Å². The van der Waals surface area contributed by atoms with Crippen LogP contribution in [-0.2, 0) is 9.59 Å². The van der Waals surface area contributed by atoms with E-state index < -0.39 is 5.97 Å². The smallest absolute Gasteiger partial charge is 0.313 e. The van der Waals surface area contributed by atoms with Gasteiger partial charge in [-0.2, -0.15) is 0 Å². The predicted octanol–water partition coefficient (Wildman–Crippen LogP) is 1.60. The molecule has 92 valence electrons. The Bertz CT molecular complexity index is 258. The number of carboxylic acids is 1. The van der Waals surface area contributed by atoms with Gasteiger partial charge in [0.1, 0.15) is 0 Å². The molecule has 4 nitrogen and oxygen atoms in total. The summed E-state index contributed by atoms with van der Waals surface area (Å²) in [7, 11) is 0. The number of nitrogens with zero attached hydrogens (tertiary/aromatic N) is 1. The van der Waals surface area contributed by atoms with E-state index in [1.165, 1.54) is 18.2 Å². The van der Waals surface area contributed by atoms with Crippen LogP contribution in [-0.4, -0.2) is 46.0 Å². The van der Waals surface area contributed by atoms with Crippen LogP contribution in [0.3, 0.4) is 0 Å². The maximum absolute atomic E-state index is 11.9. The van der Waals surface area contributed by atoms with Crippen molar-refractivity contribution < 1.29 is 14.7 Å². The van der Waals surface area contributed by atoms with Crippen molar-refractivity contribution in [2.24, 2.45) is 0 Å². The Kier molecular flexibility index (Phi) is 5.66. The fraction of sp³-hybridized carbons (Fsp3) is 0.818. The molecule has 1 rings (SSSR count). The van der Waals surface area contributed by atoms with Crippen LogP contribution in [0.15, 0.2) is 0 Å². The first-order valence-electron chi connectivity index (χ1n) is 5.74. The second-order valence-electron chi connectivity index (χ2n) is 4.03. The number of carbonyl (C=O) groups is 2. The summed E-state index contributed by atoms with van der Waals surface area (Å²) in [5.41, 5.74) is 0. The molecule has 1 fully saturated rings. The maximum Gasteiger partial charge on any atom is 0.313 e. The number of piperidine rings is 1. The van der Waals surface area contributed by atoms with Crippen LogP contribution in [0.4, 0.5) is 0 Å². The molecule has 0 aromatic heterocycles. The van der Waals surface area contributed by atoms with E-state index in [2.05, 4.69) is 6.92 Å². The number of aliphatic carboxylic acids is 1. The fourth-order valence-corrected chi connectivity index (χ4v) is 2.68. The summed E-state index contributed by atoms with van der Waals surface area (Å²) in [6.45, 7) is 2.94. The number of likely N-dealkylation sites (tertiary alicyclic amines) is 1. The molecule has 0 saturated carbocycles. The molecule has 0 spiro atoms. The fourth-order valence-electron chi connectivity index (χ4n) is 2.06. The van der Waals surface area contributed by atoms with Crippen LogP contribution < -0.4 is 0 Å². The molecule has 1 amide bonds. The number of amides is 1. The topological polar surface area (TPSA) is 57.6 Å². The van der Waals surface area contributed by atoms with Crippen LogP contribution in [0.1, 0.15) is 32.6 Å². The minimum absolute atomic E-state index is 0.0103. The molecule has 1 saturated heterocycles. The van der Waals surface area contributed by atoms with Gasteiger partial charge in [-0.25, -0.2) is 0 Å². The van der Waals surface area contributed by atoms with Gasteiger partial charge in [0.25, 0.3) is 0 Å². The summed E-state index contributed by atoms with van der Waals surface area (Å²) in [5, 5.41) is 8.49. The van der Waals surface area contributed by atoms with E-state index in [9.17, 15) is 9.59 Å². The lowest BCUT2D eigenvalue weighted by atomic mass is 10.0. The Morgan fingerprint density at radius 1 is 1.38 bits per heavy atom. The predicted molar refractivity (Wildman–Crippen MR) is 64.6 cm³/mol. The summed E-state index contributed by atoms with van der Waals surface area (Å²) >= 11 is 1.18. The third kappa shape index (κ3) is 4.04. The lowest BCUT2D eigenvalue weighted by Crippen LogP contribution is -2.44. The van der Waals surface area contributed by atoms with Crippen molar-refractivity contribution in [3.8, 4) is 0 Å². The van der Waals surface area contributed by atoms with Crippen molar-refractivity contribution in [1.82, 2.24) is 4.90 Å². The summed E-state index contributed by atoms with van der Waals surface area (Å²) in [6.07, 6.45) is 4.36. The Labute approximate surface area is 100 Å². The molecule has 1 unspecified atom stereocenters. The lowest BCUT2D eigenvalue weighted by molar-refractivity contribution is -0.134. The monoisotopic (exact) mass is 245 g/mol. The molecule has 5 heteroatoms. The Morgan fingerprint density at radius 2 is 2.12 bits per heavy atom. The first kappa shape index (κ1) is 13.4. The van der Waals surface area contributed by atoms with Crippen molar-refractivity contribution in [2.75, 3.05) is 18.1 Å². The molecule has 0 radical (unpaired) electrons. The van der Waals surface area contributed by atoms with Gasteiger partial charge in [-0.1, -0.05) is 6.92 Å². The third-order valence-corrected chi connectivity index (χ3v) is 3.77. The Morgan fingerprint density at radius 3 is 2.75 bits per heavy atom. The molecule has 0 aromatic carbocycles. The van der Waals surface area contributed by atoms with Gasteiger partial charge >= 0.3 is 5.97 Å². The molecule has 0 aromatic rings. The van der Waals surface area contributed by atoms with Crippen molar-refractivity contribution in [2.45, 2.75) is 38.6 Å². The van der Waals surface area contributed by atoms with Gasteiger partial charge in [0.15, 0.2) is 0 Å². The van der Waals surface area contributed by atoms with Gasteiger partial charge in [0.05, 0.1) is 11.5 Å². The highest BCUT2D eigenvalue weighted by molar-refractivity contribution is 8.00. The van der Waals surface area contributed by atoms with Gasteiger partial charge in [-0.3, -0.25) is 9.59 Å². The summed E-state index contributed by atoms with van der Waals surface area (Å²) in [5.74, 6) is -0.458. The van der Waals surface area contributed by atoms with Crippen molar-refractivity contribution in [1.29, 1.82) is 0 Å². The number of rotatable bonds is 5. The zero-order valence-corrected chi connectivity index (χ0v) is 10.5. The van der Waals surface area contributed by atoms with Crippen LogP contribution in [0, 0.1) is 0 Å². The van der Waals surface area contributed by atoms with E-state index in [-0.39, 0.29) is 11.7 Å². The minimum Gasteiger partial charge on any atom is -0.481 e. The van der Waals surface area contributed by atoms with Crippen LogP contribution >= 0.6 is 11.8 Å². The third-order valence-electron chi connectivity index (χ3n) is 2.87. The van der Waals surface area contributed by atoms with Crippen molar-refractivity contribution >= 4 is 23.6 Å². The standard InChI is InChI=1S/C11H19NO3S/c1-2-9-5-3-4-6-12(9)10(13)7-16-8-11(14)15/h9H,2-8H2,1H3,(H,14,15). The van der Waals surface area contributed by atoms with Gasteiger partial charge in [-0.15, -0.1) is 11.8 Å². The highest BCUT2D eigenvalue weighted by Gasteiger charge is 2.24. The first-order chi connectivity index (χ1) is 7.65. The van der Waals surface area contributed by atoms with E-state index in [4.69, 9.17) is 5.11 Å². The van der Waals surface area contributed by atoms with Crippen LogP contribution in [0.25, 0.3) is 0 Å².